The number of hydrogen-bond donors (Lipinski definition) is 1. The minimum atomic E-state index is 0.179. The minimum Gasteiger partial charge on any atom is -0.373 e. The molecule has 0 spiro atoms. The average Bonchev–Trinajstić information content (AvgIpc) is 2.64. The lowest BCUT2D eigenvalue weighted by atomic mass is 9.95. The quantitative estimate of drug-likeness (QED) is 0.614. The molecular formula is C10H15NO. The normalized spacial score (nSPS) is 41.2. The summed E-state index contributed by atoms with van der Waals surface area (Å²) in [4.78, 5) is 0. The van der Waals surface area contributed by atoms with Gasteiger partial charge in [0, 0.05) is 6.04 Å². The second-order valence-electron chi connectivity index (χ2n) is 3.77. The van der Waals surface area contributed by atoms with Crippen LogP contribution >= 0.6 is 0 Å². The Balaban J connectivity index is 1.87. The molecule has 0 aromatic heterocycles. The third-order valence-corrected chi connectivity index (χ3v) is 2.82. The maximum absolute atomic E-state index is 5.70. The second-order valence-corrected chi connectivity index (χ2v) is 3.77. The first-order valence-corrected chi connectivity index (χ1v) is 4.67. The van der Waals surface area contributed by atoms with Crippen molar-refractivity contribution >= 4 is 0 Å². The number of nitrogens with one attached hydrogen (secondary N) is 1. The molecule has 4 unspecified atom stereocenters. The number of rotatable bonds is 2. The Morgan fingerprint density at radius 1 is 1.58 bits per heavy atom. The Labute approximate surface area is 73.7 Å². The molecule has 0 aromatic rings. The molecule has 0 amide bonds. The Kier molecular flexibility index (Phi) is 2.08. The van der Waals surface area contributed by atoms with Gasteiger partial charge < -0.3 is 4.74 Å². The highest BCUT2D eigenvalue weighted by molar-refractivity contribution is 5.01. The van der Waals surface area contributed by atoms with Crippen molar-refractivity contribution in [3.05, 3.63) is 0 Å². The van der Waals surface area contributed by atoms with Crippen LogP contribution in [0.4, 0.5) is 0 Å². The molecule has 12 heavy (non-hydrogen) atoms. The van der Waals surface area contributed by atoms with Gasteiger partial charge in [0.2, 0.25) is 0 Å². The van der Waals surface area contributed by atoms with E-state index >= 15 is 0 Å². The fraction of sp³-hybridized carbons (Fsp3) is 0.800. The van der Waals surface area contributed by atoms with Gasteiger partial charge in [-0.25, -0.2) is 0 Å². The van der Waals surface area contributed by atoms with Crippen LogP contribution in [0.5, 0.6) is 0 Å². The molecule has 2 aliphatic heterocycles. The molecule has 0 saturated carbocycles. The largest absolute Gasteiger partial charge is 0.373 e. The fourth-order valence-electron chi connectivity index (χ4n) is 2.18. The summed E-state index contributed by atoms with van der Waals surface area (Å²) in [5.41, 5.74) is 0. The van der Waals surface area contributed by atoms with Crippen molar-refractivity contribution in [2.45, 2.75) is 50.5 Å². The molecule has 4 atom stereocenters. The number of ether oxygens (including phenoxy) is 1. The van der Waals surface area contributed by atoms with Crippen molar-refractivity contribution < 1.29 is 4.74 Å². The highest BCUT2D eigenvalue weighted by atomic mass is 16.5. The van der Waals surface area contributed by atoms with Crippen LogP contribution in [0.3, 0.4) is 0 Å². The predicted octanol–water partition coefficient (Wildman–Crippen LogP) is 0.918. The second kappa shape index (κ2) is 3.08. The van der Waals surface area contributed by atoms with E-state index in [2.05, 4.69) is 11.2 Å². The van der Waals surface area contributed by atoms with E-state index in [4.69, 9.17) is 11.2 Å². The smallest absolute Gasteiger partial charge is 0.0734 e. The van der Waals surface area contributed by atoms with Gasteiger partial charge in [-0.15, -0.1) is 6.42 Å². The van der Waals surface area contributed by atoms with Gasteiger partial charge in [-0.3, -0.25) is 5.32 Å². The van der Waals surface area contributed by atoms with E-state index < -0.39 is 0 Å². The summed E-state index contributed by atoms with van der Waals surface area (Å²) in [6.07, 6.45) is 9.84. The van der Waals surface area contributed by atoms with Crippen molar-refractivity contribution in [1.82, 2.24) is 5.32 Å². The maximum Gasteiger partial charge on any atom is 0.0734 e. The highest BCUT2D eigenvalue weighted by Crippen LogP contribution is 2.34. The van der Waals surface area contributed by atoms with Crippen LogP contribution in [0.1, 0.15) is 26.2 Å². The maximum atomic E-state index is 5.70. The van der Waals surface area contributed by atoms with Gasteiger partial charge in [0.1, 0.15) is 0 Å². The molecule has 2 nitrogen and oxygen atoms in total. The van der Waals surface area contributed by atoms with Gasteiger partial charge in [-0.2, -0.15) is 0 Å². The van der Waals surface area contributed by atoms with Crippen molar-refractivity contribution in [3.63, 3.8) is 0 Å². The van der Waals surface area contributed by atoms with Crippen molar-refractivity contribution in [2.24, 2.45) is 0 Å². The van der Waals surface area contributed by atoms with Gasteiger partial charge >= 0.3 is 0 Å². The van der Waals surface area contributed by atoms with Crippen molar-refractivity contribution in [2.75, 3.05) is 0 Å². The number of terminal acetylenes is 1. The molecule has 2 rings (SSSR count). The van der Waals surface area contributed by atoms with Crippen LogP contribution < -0.4 is 5.32 Å². The first-order valence-electron chi connectivity index (χ1n) is 4.67. The molecule has 0 aliphatic carbocycles. The molecule has 2 heterocycles. The first kappa shape index (κ1) is 8.10. The summed E-state index contributed by atoms with van der Waals surface area (Å²) in [5, 5.41) is 3.40. The standard InChI is InChI=1S/C10H15NO/c1-3-7(2)11-9-6-8-4-5-10(9)12-8/h1,7-11H,4-6H2,2H3. The van der Waals surface area contributed by atoms with Crippen molar-refractivity contribution in [3.8, 4) is 12.3 Å². The Hall–Kier alpha value is -0.520. The zero-order valence-electron chi connectivity index (χ0n) is 7.42. The van der Waals surface area contributed by atoms with Crippen LogP contribution in [-0.4, -0.2) is 24.3 Å². The van der Waals surface area contributed by atoms with Gasteiger partial charge in [0.25, 0.3) is 0 Å². The van der Waals surface area contributed by atoms with E-state index in [9.17, 15) is 0 Å². The zero-order chi connectivity index (χ0) is 8.55. The van der Waals surface area contributed by atoms with E-state index in [1.54, 1.807) is 0 Å². The van der Waals surface area contributed by atoms with Crippen LogP contribution in [0.15, 0.2) is 0 Å². The number of fused-ring (bicyclic) bond motifs is 2. The van der Waals surface area contributed by atoms with Crippen LogP contribution in [0, 0.1) is 12.3 Å². The summed E-state index contributed by atoms with van der Waals surface area (Å²) in [6, 6.07) is 0.688. The van der Waals surface area contributed by atoms with Crippen LogP contribution in [0.25, 0.3) is 0 Å². The van der Waals surface area contributed by atoms with E-state index in [1.165, 1.54) is 12.8 Å². The molecule has 1 N–H and O–H groups in total. The lowest BCUT2D eigenvalue weighted by molar-refractivity contribution is 0.0970. The molecule has 2 bridgehead atoms. The molecule has 66 valence electrons. The molecule has 0 aromatic carbocycles. The predicted molar refractivity (Wildman–Crippen MR) is 47.7 cm³/mol. The molecule has 2 fully saturated rings. The molecule has 2 saturated heterocycles. The average molecular weight is 165 g/mol. The summed E-state index contributed by atoms with van der Waals surface area (Å²) >= 11 is 0. The van der Waals surface area contributed by atoms with Gasteiger partial charge in [0.15, 0.2) is 0 Å². The highest BCUT2D eigenvalue weighted by Gasteiger charge is 2.40. The van der Waals surface area contributed by atoms with Gasteiger partial charge in [-0.1, -0.05) is 5.92 Å². The SMILES string of the molecule is C#CC(C)NC1CC2CCC1O2. The molecule has 2 heteroatoms. The fourth-order valence-corrected chi connectivity index (χ4v) is 2.18. The number of hydrogen-bond acceptors (Lipinski definition) is 2. The monoisotopic (exact) mass is 165 g/mol. The lowest BCUT2D eigenvalue weighted by Gasteiger charge is -2.21. The van der Waals surface area contributed by atoms with E-state index in [1.807, 2.05) is 6.92 Å². The van der Waals surface area contributed by atoms with Crippen LogP contribution in [0.2, 0.25) is 0 Å². The minimum absolute atomic E-state index is 0.179. The summed E-state index contributed by atoms with van der Waals surface area (Å²) in [6.45, 7) is 2.02. The molecule has 0 radical (unpaired) electrons. The zero-order valence-corrected chi connectivity index (χ0v) is 7.42. The summed E-state index contributed by atoms with van der Waals surface area (Å²) in [7, 11) is 0. The van der Waals surface area contributed by atoms with Crippen molar-refractivity contribution in [1.29, 1.82) is 0 Å². The van der Waals surface area contributed by atoms with Gasteiger partial charge in [0.05, 0.1) is 18.2 Å². The summed E-state index contributed by atoms with van der Waals surface area (Å²) < 4.78 is 5.70. The Morgan fingerprint density at radius 3 is 2.92 bits per heavy atom. The molecular weight excluding hydrogens is 150 g/mol. The third-order valence-electron chi connectivity index (χ3n) is 2.82. The lowest BCUT2D eigenvalue weighted by Crippen LogP contribution is -2.41. The first-order chi connectivity index (χ1) is 5.79. The third kappa shape index (κ3) is 1.35. The van der Waals surface area contributed by atoms with E-state index in [0.29, 0.717) is 18.2 Å². The van der Waals surface area contributed by atoms with E-state index in [-0.39, 0.29) is 6.04 Å². The topological polar surface area (TPSA) is 21.3 Å². The Bertz CT molecular complexity index is 208. The summed E-state index contributed by atoms with van der Waals surface area (Å²) in [5.74, 6) is 2.68. The molecule has 2 aliphatic rings. The van der Waals surface area contributed by atoms with Gasteiger partial charge in [-0.05, 0) is 26.2 Å². The Morgan fingerprint density at radius 2 is 2.42 bits per heavy atom. The van der Waals surface area contributed by atoms with E-state index in [0.717, 1.165) is 6.42 Å². The van der Waals surface area contributed by atoms with Crippen LogP contribution in [-0.2, 0) is 4.74 Å².